The molecule has 13 heteroatoms. The number of aromatic amines is 1. The molecule has 1 saturated heterocycles. The Kier molecular flexibility index (Phi) is 6.00. The van der Waals surface area contributed by atoms with Gasteiger partial charge in [0.25, 0.3) is 0 Å². The molecule has 0 saturated carbocycles. The molecule has 10 nitrogen and oxygen atoms in total. The molecule has 2 aliphatic heterocycles. The van der Waals surface area contributed by atoms with Gasteiger partial charge >= 0.3 is 0 Å². The molecule has 2 atom stereocenters. The largest absolute Gasteiger partial charge is 0.390 e. The monoisotopic (exact) mass is 538 g/mol. The molecule has 1 amide bonds. The Hall–Kier alpha value is -4.03. The average Bonchev–Trinajstić information content (AvgIpc) is 3.66. The molecule has 0 bridgehead atoms. The van der Waals surface area contributed by atoms with Crippen LogP contribution in [0.25, 0.3) is 22.5 Å². The highest BCUT2D eigenvalue weighted by molar-refractivity contribution is 6.31. The molecule has 1 aromatic carbocycles. The minimum atomic E-state index is -0.644. The summed E-state index contributed by atoms with van der Waals surface area (Å²) in [6.45, 7) is 1.22. The second kappa shape index (κ2) is 9.37. The smallest absolute Gasteiger partial charge is 0.247 e. The maximum atomic E-state index is 15.3. The third-order valence-corrected chi connectivity index (χ3v) is 7.39. The number of tetrazole rings is 1. The molecule has 2 aliphatic rings. The van der Waals surface area contributed by atoms with Crippen LogP contribution >= 0.6 is 11.6 Å². The van der Waals surface area contributed by atoms with E-state index in [0.29, 0.717) is 47.7 Å². The molecule has 5 heterocycles. The first-order chi connectivity index (χ1) is 18.4. The molecule has 1 fully saturated rings. The topological polar surface area (TPSA) is 126 Å². The standard InChI is InChI=1S/C25H21ClF2N8O2/c1-12-24(15-6-7-29-17(10-37)22(15)27)32-25(31-12)19-4-2-14-8-13(9-20(38)36(14)19)21-18(35-11-30-33-34-35)5-3-16(26)23(21)28/h3,5-7,9,11,14,19,37H,2,4,8,10H2,1H3,(H,31,32)/t14-,19?/m1/s1. The Morgan fingerprint density at radius 2 is 2.05 bits per heavy atom. The third-order valence-electron chi connectivity index (χ3n) is 7.10. The molecular formula is C25H21ClF2N8O2. The maximum Gasteiger partial charge on any atom is 0.247 e. The number of nitrogens with one attached hydrogen (secondary N) is 1. The second-order valence-corrected chi connectivity index (χ2v) is 9.64. The Morgan fingerprint density at radius 1 is 1.21 bits per heavy atom. The Labute approximate surface area is 220 Å². The van der Waals surface area contributed by atoms with Gasteiger partial charge < -0.3 is 15.0 Å². The lowest BCUT2D eigenvalue weighted by atomic mass is 9.92. The van der Waals surface area contributed by atoms with Gasteiger partial charge in [0.2, 0.25) is 5.91 Å². The highest BCUT2D eigenvalue weighted by Gasteiger charge is 2.42. The summed E-state index contributed by atoms with van der Waals surface area (Å²) >= 11 is 6.10. The molecule has 6 rings (SSSR count). The number of nitrogens with zero attached hydrogens (tertiary/aromatic N) is 7. The summed E-state index contributed by atoms with van der Waals surface area (Å²) < 4.78 is 31.5. The first kappa shape index (κ1) is 24.3. The van der Waals surface area contributed by atoms with E-state index in [2.05, 4.69) is 30.5 Å². The number of halogens is 3. The van der Waals surface area contributed by atoms with Crippen molar-refractivity contribution in [3.05, 3.63) is 76.2 Å². The Bertz CT molecular complexity index is 1590. The van der Waals surface area contributed by atoms with Crippen LogP contribution in [0.2, 0.25) is 5.02 Å². The van der Waals surface area contributed by atoms with E-state index in [0.717, 1.165) is 0 Å². The first-order valence-electron chi connectivity index (χ1n) is 11.9. The van der Waals surface area contributed by atoms with Crippen molar-refractivity contribution in [2.75, 3.05) is 0 Å². The number of aromatic nitrogens is 7. The van der Waals surface area contributed by atoms with Crippen LogP contribution < -0.4 is 0 Å². The lowest BCUT2D eigenvalue weighted by Crippen LogP contribution is -2.39. The van der Waals surface area contributed by atoms with E-state index in [4.69, 9.17) is 11.6 Å². The molecule has 194 valence electrons. The van der Waals surface area contributed by atoms with Crippen molar-refractivity contribution < 1.29 is 18.7 Å². The van der Waals surface area contributed by atoms with Gasteiger partial charge in [-0.1, -0.05) is 11.6 Å². The fourth-order valence-electron chi connectivity index (χ4n) is 5.40. The van der Waals surface area contributed by atoms with Gasteiger partial charge in [-0.2, -0.15) is 4.68 Å². The zero-order valence-corrected chi connectivity index (χ0v) is 20.8. The number of aryl methyl sites for hydroxylation is 1. The summed E-state index contributed by atoms with van der Waals surface area (Å²) in [4.78, 5) is 26.9. The summed E-state index contributed by atoms with van der Waals surface area (Å²) in [5.41, 5.74) is 2.29. The predicted octanol–water partition coefficient (Wildman–Crippen LogP) is 3.70. The van der Waals surface area contributed by atoms with Crippen LogP contribution in [0.3, 0.4) is 0 Å². The van der Waals surface area contributed by atoms with E-state index in [1.165, 1.54) is 35.4 Å². The van der Waals surface area contributed by atoms with Crippen molar-refractivity contribution in [1.82, 2.24) is 40.1 Å². The predicted molar refractivity (Wildman–Crippen MR) is 132 cm³/mol. The normalized spacial score (nSPS) is 19.1. The minimum absolute atomic E-state index is 0.0582. The van der Waals surface area contributed by atoms with Crippen LogP contribution in [0.4, 0.5) is 8.78 Å². The van der Waals surface area contributed by atoms with E-state index >= 15 is 4.39 Å². The number of aliphatic hydroxyl groups is 1. The fraction of sp³-hybridized carbons (Fsp3) is 0.280. The summed E-state index contributed by atoms with van der Waals surface area (Å²) in [6, 6.07) is 3.99. The fourth-order valence-corrected chi connectivity index (χ4v) is 5.56. The van der Waals surface area contributed by atoms with Crippen molar-refractivity contribution in [3.63, 3.8) is 0 Å². The zero-order valence-electron chi connectivity index (χ0n) is 20.1. The maximum absolute atomic E-state index is 15.3. The van der Waals surface area contributed by atoms with Crippen LogP contribution in [0.1, 0.15) is 48.1 Å². The third kappa shape index (κ3) is 3.87. The van der Waals surface area contributed by atoms with Gasteiger partial charge in [-0.05, 0) is 60.4 Å². The van der Waals surface area contributed by atoms with Crippen LogP contribution in [0, 0.1) is 18.6 Å². The summed E-state index contributed by atoms with van der Waals surface area (Å²) in [6.07, 6.45) is 5.89. The molecule has 3 aromatic heterocycles. The van der Waals surface area contributed by atoms with Crippen molar-refractivity contribution in [1.29, 1.82) is 0 Å². The van der Waals surface area contributed by atoms with Gasteiger partial charge in [-0.25, -0.2) is 13.8 Å². The minimum Gasteiger partial charge on any atom is -0.390 e. The summed E-state index contributed by atoms with van der Waals surface area (Å²) in [5.74, 6) is -1.01. The van der Waals surface area contributed by atoms with E-state index in [9.17, 15) is 14.3 Å². The summed E-state index contributed by atoms with van der Waals surface area (Å²) in [7, 11) is 0. The zero-order chi connectivity index (χ0) is 26.6. The Morgan fingerprint density at radius 3 is 2.82 bits per heavy atom. The average molecular weight is 539 g/mol. The van der Waals surface area contributed by atoms with Crippen molar-refractivity contribution in [3.8, 4) is 16.9 Å². The number of imidazole rings is 1. The molecule has 2 N–H and O–H groups in total. The number of benzene rings is 1. The highest BCUT2D eigenvalue weighted by atomic mass is 35.5. The number of hydrogen-bond acceptors (Lipinski definition) is 7. The molecular weight excluding hydrogens is 518 g/mol. The van der Waals surface area contributed by atoms with Gasteiger partial charge in [0.05, 0.1) is 34.7 Å². The number of aliphatic hydroxyl groups excluding tert-OH is 1. The van der Waals surface area contributed by atoms with Crippen LogP contribution in [0.5, 0.6) is 0 Å². The van der Waals surface area contributed by atoms with Gasteiger partial charge in [-0.3, -0.25) is 9.78 Å². The highest BCUT2D eigenvalue weighted by Crippen LogP contribution is 2.44. The number of pyridine rings is 1. The van der Waals surface area contributed by atoms with Crippen LogP contribution in [0.15, 0.2) is 36.8 Å². The van der Waals surface area contributed by atoms with Crippen LogP contribution in [-0.4, -0.2) is 57.1 Å². The molecule has 0 radical (unpaired) electrons. The number of H-pyrrole nitrogens is 1. The van der Waals surface area contributed by atoms with Gasteiger partial charge in [-0.15, -0.1) is 5.10 Å². The van der Waals surface area contributed by atoms with E-state index < -0.39 is 18.2 Å². The van der Waals surface area contributed by atoms with Gasteiger partial charge in [0, 0.05) is 29.4 Å². The lowest BCUT2D eigenvalue weighted by Gasteiger charge is -2.33. The first-order valence-corrected chi connectivity index (χ1v) is 12.3. The quantitative estimate of drug-likeness (QED) is 0.397. The van der Waals surface area contributed by atoms with E-state index in [1.54, 1.807) is 17.9 Å². The molecule has 38 heavy (non-hydrogen) atoms. The summed E-state index contributed by atoms with van der Waals surface area (Å²) in [5, 5.41) is 20.4. The Balaban J connectivity index is 1.35. The molecule has 0 spiro atoms. The van der Waals surface area contributed by atoms with Gasteiger partial charge in [0.1, 0.15) is 17.8 Å². The SMILES string of the molecule is Cc1nc(C2CC[C@@H]3CC(c4c(-n5cnnn5)ccc(Cl)c4F)=CC(=O)N23)[nH]c1-c1ccnc(CO)c1F. The van der Waals surface area contributed by atoms with Crippen LogP contribution in [-0.2, 0) is 11.4 Å². The van der Waals surface area contributed by atoms with Gasteiger partial charge in [0.15, 0.2) is 11.6 Å². The molecule has 0 aliphatic carbocycles. The second-order valence-electron chi connectivity index (χ2n) is 9.24. The van der Waals surface area contributed by atoms with Crippen molar-refractivity contribution >= 4 is 23.1 Å². The van der Waals surface area contributed by atoms with Crippen molar-refractivity contribution in [2.24, 2.45) is 0 Å². The number of carbonyl (C=O) groups excluding carboxylic acids is 1. The number of amides is 1. The number of rotatable bonds is 5. The lowest BCUT2D eigenvalue weighted by molar-refractivity contribution is -0.129. The number of carbonyl (C=O) groups is 1. The molecule has 4 aromatic rings. The number of hydrogen-bond donors (Lipinski definition) is 2. The number of fused-ring (bicyclic) bond motifs is 1. The molecule has 1 unspecified atom stereocenters. The van der Waals surface area contributed by atoms with Crippen molar-refractivity contribution in [2.45, 2.75) is 44.9 Å². The van der Waals surface area contributed by atoms with E-state index in [1.807, 2.05) is 0 Å². The van der Waals surface area contributed by atoms with E-state index in [-0.39, 0.29) is 39.8 Å².